The number of benzene rings is 1. The van der Waals surface area contributed by atoms with Crippen molar-refractivity contribution in [2.24, 2.45) is 4.99 Å². The van der Waals surface area contributed by atoms with Crippen LogP contribution in [0.4, 0.5) is 5.82 Å². The number of anilines is 1. The number of pyridine rings is 1. The summed E-state index contributed by atoms with van der Waals surface area (Å²) in [6, 6.07) is 14.9. The Morgan fingerprint density at radius 3 is 2.67 bits per heavy atom. The average molecular weight is 366 g/mol. The molecule has 3 rings (SSSR count). The predicted molar refractivity (Wildman–Crippen MR) is 113 cm³/mol. The zero-order valence-electron chi connectivity index (χ0n) is 16.5. The van der Waals surface area contributed by atoms with Crippen LogP contribution in [0.15, 0.2) is 53.7 Å². The molecule has 2 aromatic rings. The molecule has 27 heavy (non-hydrogen) atoms. The first-order chi connectivity index (χ1) is 13.3. The van der Waals surface area contributed by atoms with Crippen molar-refractivity contribution >= 4 is 11.8 Å². The Kier molecular flexibility index (Phi) is 7.08. The molecule has 5 heteroatoms. The Balaban J connectivity index is 1.65. The summed E-state index contributed by atoms with van der Waals surface area (Å²) in [7, 11) is 0. The molecular weight excluding hydrogens is 334 g/mol. The number of nitrogens with one attached hydrogen (secondary N) is 2. The first kappa shape index (κ1) is 19.2. The van der Waals surface area contributed by atoms with Gasteiger partial charge in [-0.1, -0.05) is 30.3 Å². The SMILES string of the molecule is CCNC(=NCc1ccnc(N2CCCCC2)c1)NC(C)c1ccccc1. The van der Waals surface area contributed by atoms with Gasteiger partial charge in [0.25, 0.3) is 0 Å². The molecular formula is C22H31N5. The summed E-state index contributed by atoms with van der Waals surface area (Å²) in [6.07, 6.45) is 5.76. The maximum Gasteiger partial charge on any atom is 0.192 e. The smallest absolute Gasteiger partial charge is 0.192 e. The van der Waals surface area contributed by atoms with E-state index in [1.165, 1.54) is 30.4 Å². The van der Waals surface area contributed by atoms with E-state index < -0.39 is 0 Å². The van der Waals surface area contributed by atoms with Crippen molar-refractivity contribution < 1.29 is 0 Å². The van der Waals surface area contributed by atoms with Crippen molar-refractivity contribution in [2.75, 3.05) is 24.5 Å². The minimum Gasteiger partial charge on any atom is -0.357 e. The summed E-state index contributed by atoms with van der Waals surface area (Å²) in [5.41, 5.74) is 2.44. The number of rotatable bonds is 6. The monoisotopic (exact) mass is 365 g/mol. The fourth-order valence-corrected chi connectivity index (χ4v) is 3.38. The van der Waals surface area contributed by atoms with Crippen molar-refractivity contribution in [3.63, 3.8) is 0 Å². The quantitative estimate of drug-likeness (QED) is 0.602. The first-order valence-corrected chi connectivity index (χ1v) is 10.1. The van der Waals surface area contributed by atoms with E-state index in [1.807, 2.05) is 12.3 Å². The van der Waals surface area contributed by atoms with E-state index >= 15 is 0 Å². The van der Waals surface area contributed by atoms with E-state index in [9.17, 15) is 0 Å². The summed E-state index contributed by atoms with van der Waals surface area (Å²) < 4.78 is 0. The number of hydrogen-bond donors (Lipinski definition) is 2. The van der Waals surface area contributed by atoms with E-state index in [1.54, 1.807) is 0 Å². The predicted octanol–water partition coefficient (Wildman–Crippen LogP) is 3.89. The minimum atomic E-state index is 0.199. The van der Waals surface area contributed by atoms with Crippen molar-refractivity contribution in [1.29, 1.82) is 0 Å². The van der Waals surface area contributed by atoms with Gasteiger partial charge < -0.3 is 15.5 Å². The summed E-state index contributed by atoms with van der Waals surface area (Å²) in [5.74, 6) is 1.92. The lowest BCUT2D eigenvalue weighted by atomic mass is 10.1. The van der Waals surface area contributed by atoms with Gasteiger partial charge in [-0.3, -0.25) is 0 Å². The van der Waals surface area contributed by atoms with Crippen LogP contribution in [0.2, 0.25) is 0 Å². The molecule has 0 spiro atoms. The molecule has 0 bridgehead atoms. The number of aliphatic imine (C=N–C) groups is 1. The lowest BCUT2D eigenvalue weighted by Gasteiger charge is -2.27. The van der Waals surface area contributed by atoms with Crippen molar-refractivity contribution in [3.05, 3.63) is 59.8 Å². The molecule has 1 aromatic carbocycles. The Morgan fingerprint density at radius 1 is 1.15 bits per heavy atom. The van der Waals surface area contributed by atoms with Crippen LogP contribution >= 0.6 is 0 Å². The second-order valence-electron chi connectivity index (χ2n) is 7.04. The first-order valence-electron chi connectivity index (χ1n) is 10.1. The van der Waals surface area contributed by atoms with Gasteiger partial charge in [0.15, 0.2) is 5.96 Å². The normalized spacial score (nSPS) is 16.1. The molecule has 2 heterocycles. The number of hydrogen-bond acceptors (Lipinski definition) is 3. The van der Waals surface area contributed by atoms with Crippen LogP contribution in [0.3, 0.4) is 0 Å². The summed E-state index contributed by atoms with van der Waals surface area (Å²) >= 11 is 0. The van der Waals surface area contributed by atoms with E-state index in [0.717, 1.165) is 31.4 Å². The highest BCUT2D eigenvalue weighted by molar-refractivity contribution is 5.80. The van der Waals surface area contributed by atoms with Gasteiger partial charge in [-0.2, -0.15) is 0 Å². The Bertz CT molecular complexity index is 722. The molecule has 1 aromatic heterocycles. The van der Waals surface area contributed by atoms with E-state index in [4.69, 9.17) is 4.99 Å². The highest BCUT2D eigenvalue weighted by Crippen LogP contribution is 2.18. The molecule has 1 aliphatic heterocycles. The molecule has 0 amide bonds. The van der Waals surface area contributed by atoms with Crippen LogP contribution < -0.4 is 15.5 Å². The topological polar surface area (TPSA) is 52.6 Å². The van der Waals surface area contributed by atoms with Crippen LogP contribution in [0, 0.1) is 0 Å². The maximum absolute atomic E-state index is 4.78. The number of nitrogens with zero attached hydrogens (tertiary/aromatic N) is 3. The average Bonchev–Trinajstić information content (AvgIpc) is 2.73. The van der Waals surface area contributed by atoms with E-state index in [2.05, 4.69) is 70.8 Å². The highest BCUT2D eigenvalue weighted by Gasteiger charge is 2.12. The van der Waals surface area contributed by atoms with Gasteiger partial charge in [0, 0.05) is 25.8 Å². The van der Waals surface area contributed by atoms with Crippen LogP contribution in [0.25, 0.3) is 0 Å². The van der Waals surface area contributed by atoms with Gasteiger partial charge in [-0.05, 0) is 56.4 Å². The van der Waals surface area contributed by atoms with Gasteiger partial charge in [0.05, 0.1) is 12.6 Å². The fraction of sp³-hybridized carbons (Fsp3) is 0.455. The standard InChI is InChI=1S/C22H31N5/c1-3-23-22(26-18(2)20-10-6-4-7-11-20)25-17-19-12-13-24-21(16-19)27-14-8-5-9-15-27/h4,6-7,10-13,16,18H,3,5,8-9,14-15,17H2,1-2H3,(H2,23,25,26). The van der Waals surface area contributed by atoms with Crippen LogP contribution in [0.5, 0.6) is 0 Å². The number of piperidine rings is 1. The van der Waals surface area contributed by atoms with Crippen molar-refractivity contribution in [1.82, 2.24) is 15.6 Å². The van der Waals surface area contributed by atoms with Gasteiger partial charge >= 0.3 is 0 Å². The molecule has 1 fully saturated rings. The van der Waals surface area contributed by atoms with Crippen LogP contribution in [-0.4, -0.2) is 30.6 Å². The molecule has 0 saturated carbocycles. The molecule has 2 N–H and O–H groups in total. The van der Waals surface area contributed by atoms with Gasteiger partial charge in [0.2, 0.25) is 0 Å². The van der Waals surface area contributed by atoms with Crippen LogP contribution in [0.1, 0.15) is 50.3 Å². The summed E-state index contributed by atoms with van der Waals surface area (Å²) in [5, 5.41) is 6.84. The lowest BCUT2D eigenvalue weighted by Crippen LogP contribution is -2.38. The Hall–Kier alpha value is -2.56. The highest BCUT2D eigenvalue weighted by atomic mass is 15.2. The zero-order chi connectivity index (χ0) is 18.9. The van der Waals surface area contributed by atoms with Crippen LogP contribution in [-0.2, 0) is 6.54 Å². The molecule has 5 nitrogen and oxygen atoms in total. The number of guanidine groups is 1. The zero-order valence-corrected chi connectivity index (χ0v) is 16.5. The summed E-state index contributed by atoms with van der Waals surface area (Å²) in [4.78, 5) is 11.7. The molecule has 144 valence electrons. The van der Waals surface area contributed by atoms with Gasteiger partial charge in [0.1, 0.15) is 5.82 Å². The second-order valence-corrected chi connectivity index (χ2v) is 7.04. The maximum atomic E-state index is 4.78. The Labute approximate surface area is 162 Å². The summed E-state index contributed by atoms with van der Waals surface area (Å²) in [6.45, 7) is 7.94. The molecule has 0 aliphatic carbocycles. The Morgan fingerprint density at radius 2 is 1.93 bits per heavy atom. The van der Waals surface area contributed by atoms with E-state index in [-0.39, 0.29) is 6.04 Å². The largest absolute Gasteiger partial charge is 0.357 e. The third-order valence-corrected chi connectivity index (χ3v) is 4.91. The van der Waals surface area contributed by atoms with Gasteiger partial charge in [-0.25, -0.2) is 9.98 Å². The third-order valence-electron chi connectivity index (χ3n) is 4.91. The molecule has 1 atom stereocenters. The third kappa shape index (κ3) is 5.71. The molecule has 1 saturated heterocycles. The molecule has 0 radical (unpaired) electrons. The minimum absolute atomic E-state index is 0.199. The fourth-order valence-electron chi connectivity index (χ4n) is 3.38. The van der Waals surface area contributed by atoms with E-state index in [0.29, 0.717) is 6.54 Å². The lowest BCUT2D eigenvalue weighted by molar-refractivity contribution is 0.573. The van der Waals surface area contributed by atoms with Gasteiger partial charge in [-0.15, -0.1) is 0 Å². The van der Waals surface area contributed by atoms with Crippen molar-refractivity contribution in [2.45, 2.75) is 45.7 Å². The second kappa shape index (κ2) is 9.95. The number of aromatic nitrogens is 1. The molecule has 1 aliphatic rings. The molecule has 1 unspecified atom stereocenters. The van der Waals surface area contributed by atoms with Crippen molar-refractivity contribution in [3.8, 4) is 0 Å².